The molecule has 0 spiro atoms. The molecule has 0 unspecified atom stereocenters. The summed E-state index contributed by atoms with van der Waals surface area (Å²) in [6.45, 7) is 11.3. The molecule has 0 saturated carbocycles. The topological polar surface area (TPSA) is 32.3 Å². The largest absolute Gasteiger partial charge is 0.322 e. The van der Waals surface area contributed by atoms with Gasteiger partial charge in [0.05, 0.1) is 0 Å². The first-order valence-electron chi connectivity index (χ1n) is 8.23. The number of benzene rings is 2. The van der Waals surface area contributed by atoms with Crippen LogP contribution in [0.5, 0.6) is 0 Å². The van der Waals surface area contributed by atoms with E-state index in [0.717, 1.165) is 36.4 Å². The van der Waals surface area contributed by atoms with Gasteiger partial charge in [-0.15, -0.1) is 0 Å². The Morgan fingerprint density at radius 1 is 1.00 bits per heavy atom. The predicted octanol–water partition coefficient (Wildman–Crippen LogP) is 4.40. The Morgan fingerprint density at radius 3 is 2.26 bits per heavy atom. The SMILES string of the molecule is CCN(CC)Cc1ccc(C(=O)Nc2cc(C)ccc2C)cc1. The van der Waals surface area contributed by atoms with E-state index in [1.165, 1.54) is 5.56 Å². The third-order valence-corrected chi connectivity index (χ3v) is 4.16. The summed E-state index contributed by atoms with van der Waals surface area (Å²) in [5.74, 6) is -0.0620. The highest BCUT2D eigenvalue weighted by Gasteiger charge is 2.08. The van der Waals surface area contributed by atoms with E-state index in [1.54, 1.807) is 0 Å². The molecule has 122 valence electrons. The van der Waals surface area contributed by atoms with E-state index in [-0.39, 0.29) is 5.91 Å². The molecule has 0 saturated heterocycles. The van der Waals surface area contributed by atoms with Gasteiger partial charge in [-0.1, -0.05) is 38.1 Å². The number of anilines is 1. The van der Waals surface area contributed by atoms with Crippen molar-refractivity contribution in [1.29, 1.82) is 0 Å². The van der Waals surface area contributed by atoms with E-state index in [1.807, 2.05) is 56.3 Å². The van der Waals surface area contributed by atoms with Crippen LogP contribution >= 0.6 is 0 Å². The van der Waals surface area contributed by atoms with Crippen molar-refractivity contribution in [3.63, 3.8) is 0 Å². The van der Waals surface area contributed by atoms with Crippen molar-refractivity contribution in [2.24, 2.45) is 0 Å². The lowest BCUT2D eigenvalue weighted by atomic mass is 10.1. The van der Waals surface area contributed by atoms with Crippen molar-refractivity contribution < 1.29 is 4.79 Å². The van der Waals surface area contributed by atoms with Crippen LogP contribution in [0, 0.1) is 13.8 Å². The Morgan fingerprint density at radius 2 is 1.65 bits per heavy atom. The number of nitrogens with one attached hydrogen (secondary N) is 1. The predicted molar refractivity (Wildman–Crippen MR) is 96.9 cm³/mol. The van der Waals surface area contributed by atoms with Gasteiger partial charge in [0.15, 0.2) is 0 Å². The van der Waals surface area contributed by atoms with Crippen molar-refractivity contribution in [1.82, 2.24) is 4.90 Å². The van der Waals surface area contributed by atoms with E-state index in [4.69, 9.17) is 0 Å². The minimum Gasteiger partial charge on any atom is -0.322 e. The van der Waals surface area contributed by atoms with E-state index >= 15 is 0 Å². The molecule has 1 N–H and O–H groups in total. The van der Waals surface area contributed by atoms with Crippen LogP contribution in [0.1, 0.15) is 40.9 Å². The number of carbonyl (C=O) groups excluding carboxylic acids is 1. The van der Waals surface area contributed by atoms with E-state index in [2.05, 4.69) is 24.1 Å². The maximum atomic E-state index is 12.4. The molecule has 0 radical (unpaired) electrons. The molecular formula is C20H26N2O. The fourth-order valence-electron chi connectivity index (χ4n) is 2.53. The molecule has 0 atom stereocenters. The van der Waals surface area contributed by atoms with Gasteiger partial charge in [-0.05, 0) is 61.8 Å². The summed E-state index contributed by atoms with van der Waals surface area (Å²) >= 11 is 0. The minimum atomic E-state index is -0.0620. The fourth-order valence-corrected chi connectivity index (χ4v) is 2.53. The first kappa shape index (κ1) is 17.2. The van der Waals surface area contributed by atoms with E-state index in [0.29, 0.717) is 5.56 Å². The highest BCUT2D eigenvalue weighted by Crippen LogP contribution is 2.17. The highest BCUT2D eigenvalue weighted by molar-refractivity contribution is 6.04. The maximum absolute atomic E-state index is 12.4. The number of hydrogen-bond donors (Lipinski definition) is 1. The molecule has 0 aromatic heterocycles. The number of nitrogens with zero attached hydrogens (tertiary/aromatic N) is 1. The molecule has 1 amide bonds. The summed E-state index contributed by atoms with van der Waals surface area (Å²) in [4.78, 5) is 14.8. The van der Waals surface area contributed by atoms with Crippen molar-refractivity contribution in [3.8, 4) is 0 Å². The molecule has 0 bridgehead atoms. The Labute approximate surface area is 139 Å². The van der Waals surface area contributed by atoms with Crippen LogP contribution in [-0.4, -0.2) is 23.9 Å². The van der Waals surface area contributed by atoms with Crippen molar-refractivity contribution >= 4 is 11.6 Å². The van der Waals surface area contributed by atoms with Gasteiger partial charge in [0.2, 0.25) is 0 Å². The van der Waals surface area contributed by atoms with Crippen LogP contribution in [0.3, 0.4) is 0 Å². The zero-order valence-corrected chi connectivity index (χ0v) is 14.5. The molecule has 3 heteroatoms. The van der Waals surface area contributed by atoms with Crippen molar-refractivity contribution in [2.45, 2.75) is 34.2 Å². The molecule has 3 nitrogen and oxygen atoms in total. The first-order chi connectivity index (χ1) is 11.0. The lowest BCUT2D eigenvalue weighted by Crippen LogP contribution is -2.22. The van der Waals surface area contributed by atoms with E-state index < -0.39 is 0 Å². The van der Waals surface area contributed by atoms with Crippen LogP contribution in [0.4, 0.5) is 5.69 Å². The standard InChI is InChI=1S/C20H26N2O/c1-5-22(6-2)14-17-9-11-18(12-10-17)20(23)21-19-13-15(3)7-8-16(19)4/h7-13H,5-6,14H2,1-4H3,(H,21,23). The van der Waals surface area contributed by atoms with Crippen molar-refractivity contribution in [2.75, 3.05) is 18.4 Å². The Bertz CT molecular complexity index is 658. The number of rotatable bonds is 6. The Kier molecular flexibility index (Phi) is 5.94. The number of hydrogen-bond acceptors (Lipinski definition) is 2. The molecule has 0 aliphatic heterocycles. The molecular weight excluding hydrogens is 284 g/mol. The zero-order chi connectivity index (χ0) is 16.8. The van der Waals surface area contributed by atoms with Gasteiger partial charge >= 0.3 is 0 Å². The van der Waals surface area contributed by atoms with Crippen LogP contribution in [-0.2, 0) is 6.54 Å². The third kappa shape index (κ3) is 4.67. The third-order valence-electron chi connectivity index (χ3n) is 4.16. The Balaban J connectivity index is 2.07. The first-order valence-corrected chi connectivity index (χ1v) is 8.23. The number of aryl methyl sites for hydroxylation is 2. The quantitative estimate of drug-likeness (QED) is 0.858. The second-order valence-corrected chi connectivity index (χ2v) is 5.93. The van der Waals surface area contributed by atoms with Crippen LogP contribution in [0.15, 0.2) is 42.5 Å². The van der Waals surface area contributed by atoms with E-state index in [9.17, 15) is 4.79 Å². The fraction of sp³-hybridized carbons (Fsp3) is 0.350. The zero-order valence-electron chi connectivity index (χ0n) is 14.5. The van der Waals surface area contributed by atoms with Gasteiger partial charge < -0.3 is 5.32 Å². The normalized spacial score (nSPS) is 10.8. The number of amides is 1. The van der Waals surface area contributed by atoms with Gasteiger partial charge in [-0.3, -0.25) is 9.69 Å². The second-order valence-electron chi connectivity index (χ2n) is 5.93. The summed E-state index contributed by atoms with van der Waals surface area (Å²) in [7, 11) is 0. The molecule has 2 rings (SSSR count). The molecule has 0 fully saturated rings. The highest BCUT2D eigenvalue weighted by atomic mass is 16.1. The average Bonchev–Trinajstić information content (AvgIpc) is 2.56. The van der Waals surface area contributed by atoms with Gasteiger partial charge in [-0.2, -0.15) is 0 Å². The van der Waals surface area contributed by atoms with Crippen LogP contribution in [0.2, 0.25) is 0 Å². The van der Waals surface area contributed by atoms with Gasteiger partial charge in [0.25, 0.3) is 5.91 Å². The Hall–Kier alpha value is -2.13. The summed E-state index contributed by atoms with van der Waals surface area (Å²) in [5, 5.41) is 3.00. The van der Waals surface area contributed by atoms with Gasteiger partial charge in [0, 0.05) is 17.8 Å². The summed E-state index contributed by atoms with van der Waals surface area (Å²) in [6, 6.07) is 14.0. The van der Waals surface area contributed by atoms with Crippen LogP contribution < -0.4 is 5.32 Å². The monoisotopic (exact) mass is 310 g/mol. The van der Waals surface area contributed by atoms with Gasteiger partial charge in [0.1, 0.15) is 0 Å². The van der Waals surface area contributed by atoms with Crippen molar-refractivity contribution in [3.05, 3.63) is 64.7 Å². The second kappa shape index (κ2) is 7.93. The smallest absolute Gasteiger partial charge is 0.255 e. The molecule has 0 heterocycles. The average molecular weight is 310 g/mol. The number of carbonyl (C=O) groups is 1. The minimum absolute atomic E-state index is 0.0620. The lowest BCUT2D eigenvalue weighted by molar-refractivity contribution is 0.102. The molecule has 2 aromatic carbocycles. The lowest BCUT2D eigenvalue weighted by Gasteiger charge is -2.18. The molecule has 0 aliphatic rings. The maximum Gasteiger partial charge on any atom is 0.255 e. The summed E-state index contributed by atoms with van der Waals surface area (Å²) in [5.41, 5.74) is 5.01. The molecule has 2 aromatic rings. The molecule has 0 aliphatic carbocycles. The molecule has 23 heavy (non-hydrogen) atoms. The van der Waals surface area contributed by atoms with Gasteiger partial charge in [-0.25, -0.2) is 0 Å². The summed E-state index contributed by atoms with van der Waals surface area (Å²) < 4.78 is 0. The summed E-state index contributed by atoms with van der Waals surface area (Å²) in [6.07, 6.45) is 0. The van der Waals surface area contributed by atoms with Crippen LogP contribution in [0.25, 0.3) is 0 Å².